The zero-order valence-electron chi connectivity index (χ0n) is 10.2. The zero-order valence-corrected chi connectivity index (χ0v) is 10.2. The first-order chi connectivity index (χ1) is 8.31. The van der Waals surface area contributed by atoms with E-state index < -0.39 is 0 Å². The van der Waals surface area contributed by atoms with Crippen LogP contribution in [0.15, 0.2) is 12.3 Å². The highest BCUT2D eigenvalue weighted by Crippen LogP contribution is 2.10. The first-order valence-electron chi connectivity index (χ1n) is 6.23. The molecule has 0 spiro atoms. The Morgan fingerprint density at radius 2 is 2.59 bits per heavy atom. The molecule has 1 atom stereocenters. The van der Waals surface area contributed by atoms with Crippen molar-refractivity contribution in [2.24, 2.45) is 0 Å². The molecule has 5 nitrogen and oxygen atoms in total. The average molecular weight is 237 g/mol. The van der Waals surface area contributed by atoms with Crippen LogP contribution < -0.4 is 5.32 Å². The number of nitrogens with zero attached hydrogens (tertiary/aromatic N) is 2. The van der Waals surface area contributed by atoms with Gasteiger partial charge in [-0.2, -0.15) is 5.10 Å². The zero-order chi connectivity index (χ0) is 12.1. The molecule has 1 aromatic rings. The maximum absolute atomic E-state index is 11.9. The summed E-state index contributed by atoms with van der Waals surface area (Å²) in [5.41, 5.74) is 0.629. The first-order valence-corrected chi connectivity index (χ1v) is 6.23. The summed E-state index contributed by atoms with van der Waals surface area (Å²) in [6.07, 6.45) is 4.94. The van der Waals surface area contributed by atoms with Crippen molar-refractivity contribution in [3.63, 3.8) is 0 Å². The maximum atomic E-state index is 11.9. The number of carbonyl (C=O) groups excluding carboxylic acids is 1. The molecule has 1 N–H and O–H groups in total. The molecule has 1 amide bonds. The van der Waals surface area contributed by atoms with Gasteiger partial charge in [0.05, 0.1) is 6.10 Å². The number of aromatic nitrogens is 2. The highest BCUT2D eigenvalue weighted by molar-refractivity contribution is 5.92. The third kappa shape index (κ3) is 3.06. The van der Waals surface area contributed by atoms with E-state index in [9.17, 15) is 4.79 Å². The minimum absolute atomic E-state index is 0.0635. The van der Waals surface area contributed by atoms with Gasteiger partial charge in [0.1, 0.15) is 5.69 Å². The number of amides is 1. The number of nitrogens with one attached hydrogen (secondary N) is 1. The minimum atomic E-state index is -0.0635. The van der Waals surface area contributed by atoms with Gasteiger partial charge in [0.2, 0.25) is 0 Å². The lowest BCUT2D eigenvalue weighted by molar-refractivity contribution is 0.0849. The van der Waals surface area contributed by atoms with Crippen LogP contribution >= 0.6 is 0 Å². The second-order valence-electron chi connectivity index (χ2n) is 4.28. The second-order valence-corrected chi connectivity index (χ2v) is 4.28. The fourth-order valence-electron chi connectivity index (χ4n) is 2.02. The largest absolute Gasteiger partial charge is 0.376 e. The van der Waals surface area contributed by atoms with Crippen molar-refractivity contribution >= 4 is 5.91 Å². The van der Waals surface area contributed by atoms with Crippen molar-refractivity contribution in [3.05, 3.63) is 18.0 Å². The Balaban J connectivity index is 1.87. The number of hydrogen-bond donors (Lipinski definition) is 1. The highest BCUT2D eigenvalue weighted by Gasteiger charge is 2.18. The molecule has 0 aromatic carbocycles. The summed E-state index contributed by atoms with van der Waals surface area (Å²) >= 11 is 0. The molecule has 1 saturated heterocycles. The summed E-state index contributed by atoms with van der Waals surface area (Å²) in [5.74, 6) is -0.0635. The Morgan fingerprint density at radius 3 is 3.29 bits per heavy atom. The van der Waals surface area contributed by atoms with Crippen LogP contribution in [0.2, 0.25) is 0 Å². The summed E-state index contributed by atoms with van der Waals surface area (Å²) in [6, 6.07) is 1.75. The number of aryl methyl sites for hydroxylation is 1. The van der Waals surface area contributed by atoms with E-state index in [2.05, 4.69) is 17.3 Å². The highest BCUT2D eigenvalue weighted by atomic mass is 16.5. The van der Waals surface area contributed by atoms with Gasteiger partial charge in [0.25, 0.3) is 5.91 Å². The Kier molecular flexibility index (Phi) is 4.14. The molecule has 0 saturated carbocycles. The third-order valence-corrected chi connectivity index (χ3v) is 2.90. The van der Waals surface area contributed by atoms with Gasteiger partial charge in [0, 0.05) is 25.9 Å². The topological polar surface area (TPSA) is 56.2 Å². The van der Waals surface area contributed by atoms with Gasteiger partial charge >= 0.3 is 0 Å². The van der Waals surface area contributed by atoms with Crippen LogP contribution in [0.1, 0.15) is 36.7 Å². The molecule has 2 heterocycles. The van der Waals surface area contributed by atoms with Crippen LogP contribution in [-0.2, 0) is 11.3 Å². The van der Waals surface area contributed by atoms with Gasteiger partial charge < -0.3 is 10.1 Å². The van der Waals surface area contributed by atoms with Crippen molar-refractivity contribution in [2.75, 3.05) is 13.2 Å². The number of hydrogen-bond acceptors (Lipinski definition) is 3. The molecule has 1 aliphatic heterocycles. The molecule has 1 aliphatic rings. The van der Waals surface area contributed by atoms with Gasteiger partial charge in [-0.15, -0.1) is 0 Å². The van der Waals surface area contributed by atoms with Crippen LogP contribution in [0.25, 0.3) is 0 Å². The monoisotopic (exact) mass is 237 g/mol. The Labute approximate surface area is 101 Å². The molecule has 0 unspecified atom stereocenters. The van der Waals surface area contributed by atoms with E-state index in [4.69, 9.17) is 4.74 Å². The SMILES string of the molecule is CCCn1nccc1C(=O)NC[C@H]1CCCO1. The van der Waals surface area contributed by atoms with Crippen molar-refractivity contribution in [2.45, 2.75) is 38.8 Å². The predicted octanol–water partition coefficient (Wildman–Crippen LogP) is 1.20. The fraction of sp³-hybridized carbons (Fsp3) is 0.667. The van der Waals surface area contributed by atoms with E-state index in [0.29, 0.717) is 12.2 Å². The van der Waals surface area contributed by atoms with Crippen molar-refractivity contribution in [1.82, 2.24) is 15.1 Å². The molecule has 1 aromatic heterocycles. The van der Waals surface area contributed by atoms with E-state index in [-0.39, 0.29) is 12.0 Å². The molecule has 0 bridgehead atoms. The molecule has 0 radical (unpaired) electrons. The van der Waals surface area contributed by atoms with E-state index in [0.717, 1.165) is 32.4 Å². The Hall–Kier alpha value is -1.36. The molecular weight excluding hydrogens is 218 g/mol. The molecule has 1 fully saturated rings. The van der Waals surface area contributed by atoms with Crippen LogP contribution in [0.4, 0.5) is 0 Å². The summed E-state index contributed by atoms with van der Waals surface area (Å²) < 4.78 is 7.20. The molecule has 17 heavy (non-hydrogen) atoms. The lowest BCUT2D eigenvalue weighted by Gasteiger charge is -2.11. The van der Waals surface area contributed by atoms with Gasteiger partial charge in [-0.3, -0.25) is 9.48 Å². The Morgan fingerprint density at radius 1 is 1.71 bits per heavy atom. The molecule has 0 aliphatic carbocycles. The van der Waals surface area contributed by atoms with Crippen LogP contribution in [0.3, 0.4) is 0 Å². The van der Waals surface area contributed by atoms with Crippen molar-refractivity contribution in [1.29, 1.82) is 0 Å². The first kappa shape index (κ1) is 12.1. The lowest BCUT2D eigenvalue weighted by Crippen LogP contribution is -2.33. The molecule has 2 rings (SSSR count). The number of rotatable bonds is 5. The van der Waals surface area contributed by atoms with Gasteiger partial charge in [-0.05, 0) is 25.3 Å². The van der Waals surface area contributed by atoms with Crippen molar-refractivity contribution < 1.29 is 9.53 Å². The molecular formula is C12H19N3O2. The minimum Gasteiger partial charge on any atom is -0.376 e. The summed E-state index contributed by atoms with van der Waals surface area (Å²) in [5, 5.41) is 7.03. The Bertz CT molecular complexity index is 370. The lowest BCUT2D eigenvalue weighted by atomic mass is 10.2. The quantitative estimate of drug-likeness (QED) is 0.837. The summed E-state index contributed by atoms with van der Waals surface area (Å²) in [6.45, 7) is 4.25. The van der Waals surface area contributed by atoms with Gasteiger partial charge in [0.15, 0.2) is 0 Å². The molecule has 5 heteroatoms. The fourth-order valence-corrected chi connectivity index (χ4v) is 2.02. The third-order valence-electron chi connectivity index (χ3n) is 2.90. The van der Waals surface area contributed by atoms with E-state index >= 15 is 0 Å². The number of ether oxygens (including phenoxy) is 1. The van der Waals surface area contributed by atoms with E-state index in [1.54, 1.807) is 16.9 Å². The number of carbonyl (C=O) groups is 1. The predicted molar refractivity (Wildman–Crippen MR) is 63.8 cm³/mol. The smallest absolute Gasteiger partial charge is 0.269 e. The van der Waals surface area contributed by atoms with E-state index in [1.165, 1.54) is 0 Å². The maximum Gasteiger partial charge on any atom is 0.269 e. The van der Waals surface area contributed by atoms with Crippen molar-refractivity contribution in [3.8, 4) is 0 Å². The standard InChI is InChI=1S/C12H19N3O2/c1-2-7-15-11(5-6-14-15)12(16)13-9-10-4-3-8-17-10/h5-6,10H,2-4,7-9H2,1H3,(H,13,16)/t10-/m1/s1. The van der Waals surface area contributed by atoms with Gasteiger partial charge in [-0.25, -0.2) is 0 Å². The van der Waals surface area contributed by atoms with Crippen LogP contribution in [0, 0.1) is 0 Å². The van der Waals surface area contributed by atoms with Crippen LogP contribution in [0.5, 0.6) is 0 Å². The van der Waals surface area contributed by atoms with Crippen LogP contribution in [-0.4, -0.2) is 34.9 Å². The average Bonchev–Trinajstić information content (AvgIpc) is 2.97. The summed E-state index contributed by atoms with van der Waals surface area (Å²) in [7, 11) is 0. The molecule has 94 valence electrons. The second kappa shape index (κ2) is 5.82. The van der Waals surface area contributed by atoms with Gasteiger partial charge in [-0.1, -0.05) is 6.92 Å². The van der Waals surface area contributed by atoms with E-state index in [1.807, 2.05) is 0 Å². The normalized spacial score (nSPS) is 19.5. The summed E-state index contributed by atoms with van der Waals surface area (Å²) in [4.78, 5) is 11.9.